The van der Waals surface area contributed by atoms with E-state index in [0.29, 0.717) is 6.42 Å². The van der Waals surface area contributed by atoms with Crippen molar-refractivity contribution in [3.8, 4) is 0 Å². The fourth-order valence-corrected chi connectivity index (χ4v) is 2.72. The molecule has 2 aromatic rings. The minimum atomic E-state index is 0.199. The lowest BCUT2D eigenvalue weighted by molar-refractivity contribution is 0.0104. The number of hydrogen-bond donors (Lipinski definition) is 0. The number of carbonyl (C=O) groups excluding carboxylic acids is 1. The Kier molecular flexibility index (Phi) is 4.07. The summed E-state index contributed by atoms with van der Waals surface area (Å²) in [5.74, 6) is 0.199. The number of ketones is 1. The molecule has 0 spiro atoms. The van der Waals surface area contributed by atoms with Crippen LogP contribution in [0.3, 0.4) is 0 Å². The van der Waals surface area contributed by atoms with Gasteiger partial charge in [-0.1, -0.05) is 6.07 Å². The van der Waals surface area contributed by atoms with E-state index in [4.69, 9.17) is 4.74 Å². The third kappa shape index (κ3) is 3.05. The average molecular weight is 269 g/mol. The molecule has 1 atom stereocenters. The van der Waals surface area contributed by atoms with Gasteiger partial charge in [-0.05, 0) is 49.9 Å². The fraction of sp³-hybridized carbons (Fsp3) is 0.412. The van der Waals surface area contributed by atoms with Gasteiger partial charge in [-0.3, -0.25) is 9.78 Å². The lowest BCUT2D eigenvalue weighted by Gasteiger charge is -2.22. The molecular weight excluding hydrogens is 250 g/mol. The first-order valence-corrected chi connectivity index (χ1v) is 7.32. The molecular formula is C17H19NO2. The third-order valence-corrected chi connectivity index (χ3v) is 3.89. The van der Waals surface area contributed by atoms with Crippen molar-refractivity contribution in [3.63, 3.8) is 0 Å². The van der Waals surface area contributed by atoms with Gasteiger partial charge in [0.15, 0.2) is 5.78 Å². The van der Waals surface area contributed by atoms with Crippen molar-refractivity contribution in [1.29, 1.82) is 0 Å². The van der Waals surface area contributed by atoms with Crippen LogP contribution in [0.2, 0.25) is 0 Å². The molecule has 1 saturated heterocycles. The highest BCUT2D eigenvalue weighted by atomic mass is 16.5. The predicted octanol–water partition coefficient (Wildman–Crippen LogP) is 3.77. The van der Waals surface area contributed by atoms with Crippen molar-refractivity contribution in [1.82, 2.24) is 4.98 Å². The first-order valence-electron chi connectivity index (χ1n) is 7.32. The van der Waals surface area contributed by atoms with Crippen LogP contribution in [0, 0.1) is 0 Å². The first-order chi connectivity index (χ1) is 9.83. The van der Waals surface area contributed by atoms with E-state index in [2.05, 4.69) is 4.98 Å². The monoisotopic (exact) mass is 269 g/mol. The lowest BCUT2D eigenvalue weighted by Crippen LogP contribution is -2.20. The standard InChI is InChI=1S/C17H19NO2/c19-17(9-7-15-5-1-2-11-20-15)14-6-8-16-13(12-14)4-3-10-18-16/h3-4,6,8,10,12,15H,1-2,5,7,9,11H2. The van der Waals surface area contributed by atoms with Gasteiger partial charge >= 0.3 is 0 Å². The number of hydrogen-bond acceptors (Lipinski definition) is 3. The summed E-state index contributed by atoms with van der Waals surface area (Å²) in [5, 5.41) is 1.02. The Morgan fingerprint density at radius 1 is 1.30 bits per heavy atom. The van der Waals surface area contributed by atoms with Crippen molar-refractivity contribution in [2.45, 2.75) is 38.2 Å². The SMILES string of the molecule is O=C(CCC1CCCCO1)c1ccc2ncccc2c1. The van der Waals surface area contributed by atoms with Gasteiger partial charge < -0.3 is 4.74 Å². The van der Waals surface area contributed by atoms with E-state index in [1.165, 1.54) is 6.42 Å². The van der Waals surface area contributed by atoms with Crippen molar-refractivity contribution in [2.24, 2.45) is 0 Å². The second-order valence-electron chi connectivity index (χ2n) is 5.36. The first kappa shape index (κ1) is 13.3. The Labute approximate surface area is 119 Å². The molecule has 104 valence electrons. The molecule has 0 saturated carbocycles. The summed E-state index contributed by atoms with van der Waals surface area (Å²) in [7, 11) is 0. The zero-order valence-electron chi connectivity index (χ0n) is 11.5. The van der Waals surface area contributed by atoms with Crippen molar-refractivity contribution in [2.75, 3.05) is 6.61 Å². The Bertz CT molecular complexity index is 603. The quantitative estimate of drug-likeness (QED) is 0.793. The lowest BCUT2D eigenvalue weighted by atomic mass is 9.99. The van der Waals surface area contributed by atoms with Crippen LogP contribution < -0.4 is 0 Å². The van der Waals surface area contributed by atoms with E-state index < -0.39 is 0 Å². The van der Waals surface area contributed by atoms with Crippen molar-refractivity contribution < 1.29 is 9.53 Å². The van der Waals surface area contributed by atoms with Gasteiger partial charge in [-0.2, -0.15) is 0 Å². The maximum Gasteiger partial charge on any atom is 0.162 e. The number of aromatic nitrogens is 1. The molecule has 1 aliphatic rings. The highest BCUT2D eigenvalue weighted by Crippen LogP contribution is 2.19. The molecule has 1 aliphatic heterocycles. The summed E-state index contributed by atoms with van der Waals surface area (Å²) in [6.07, 6.45) is 6.91. The second kappa shape index (κ2) is 6.14. The molecule has 3 nitrogen and oxygen atoms in total. The Morgan fingerprint density at radius 2 is 2.25 bits per heavy atom. The van der Waals surface area contributed by atoms with Crippen LogP contribution >= 0.6 is 0 Å². The number of carbonyl (C=O) groups is 1. The topological polar surface area (TPSA) is 39.2 Å². The third-order valence-electron chi connectivity index (χ3n) is 3.89. The fourth-order valence-electron chi connectivity index (χ4n) is 2.72. The summed E-state index contributed by atoms with van der Waals surface area (Å²) in [4.78, 5) is 16.5. The summed E-state index contributed by atoms with van der Waals surface area (Å²) >= 11 is 0. The highest BCUT2D eigenvalue weighted by Gasteiger charge is 2.16. The number of fused-ring (bicyclic) bond motifs is 1. The molecule has 0 aliphatic carbocycles. The largest absolute Gasteiger partial charge is 0.378 e. The molecule has 0 N–H and O–H groups in total. The minimum absolute atomic E-state index is 0.199. The van der Waals surface area contributed by atoms with Crippen LogP contribution in [-0.4, -0.2) is 23.5 Å². The molecule has 3 heteroatoms. The van der Waals surface area contributed by atoms with Gasteiger partial charge in [-0.15, -0.1) is 0 Å². The van der Waals surface area contributed by atoms with Crippen LogP contribution in [0.4, 0.5) is 0 Å². The Hall–Kier alpha value is -1.74. The van der Waals surface area contributed by atoms with Crippen LogP contribution in [0.25, 0.3) is 10.9 Å². The second-order valence-corrected chi connectivity index (χ2v) is 5.36. The maximum absolute atomic E-state index is 12.3. The number of Topliss-reactive ketones (excluding diaryl/α,β-unsaturated/α-hetero) is 1. The summed E-state index contributed by atoms with van der Waals surface area (Å²) in [6, 6.07) is 9.61. The smallest absolute Gasteiger partial charge is 0.162 e. The molecule has 0 bridgehead atoms. The highest BCUT2D eigenvalue weighted by molar-refractivity contribution is 5.99. The van der Waals surface area contributed by atoms with Gasteiger partial charge in [0.25, 0.3) is 0 Å². The normalized spacial score (nSPS) is 19.1. The van der Waals surface area contributed by atoms with E-state index in [-0.39, 0.29) is 11.9 Å². The molecule has 0 amide bonds. The minimum Gasteiger partial charge on any atom is -0.378 e. The number of nitrogens with zero attached hydrogens (tertiary/aromatic N) is 1. The molecule has 1 aromatic heterocycles. The number of ether oxygens (including phenoxy) is 1. The van der Waals surface area contributed by atoms with Gasteiger partial charge in [-0.25, -0.2) is 0 Å². The van der Waals surface area contributed by atoms with Crippen LogP contribution in [0.15, 0.2) is 36.5 Å². The van der Waals surface area contributed by atoms with E-state index >= 15 is 0 Å². The van der Waals surface area contributed by atoms with Gasteiger partial charge in [0, 0.05) is 30.2 Å². The van der Waals surface area contributed by atoms with E-state index in [1.807, 2.05) is 30.3 Å². The van der Waals surface area contributed by atoms with Crippen LogP contribution in [-0.2, 0) is 4.74 Å². The summed E-state index contributed by atoms with van der Waals surface area (Å²) in [6.45, 7) is 0.848. The van der Waals surface area contributed by atoms with Gasteiger partial charge in [0.1, 0.15) is 0 Å². The van der Waals surface area contributed by atoms with Gasteiger partial charge in [0.2, 0.25) is 0 Å². The zero-order valence-corrected chi connectivity index (χ0v) is 11.5. The molecule has 2 heterocycles. The average Bonchev–Trinajstić information content (AvgIpc) is 2.53. The predicted molar refractivity (Wildman–Crippen MR) is 78.9 cm³/mol. The Morgan fingerprint density at radius 3 is 3.10 bits per heavy atom. The molecule has 3 rings (SSSR count). The molecule has 0 radical (unpaired) electrons. The van der Waals surface area contributed by atoms with E-state index in [9.17, 15) is 4.79 Å². The molecule has 20 heavy (non-hydrogen) atoms. The molecule has 1 unspecified atom stereocenters. The zero-order chi connectivity index (χ0) is 13.8. The van der Waals surface area contributed by atoms with Crippen LogP contribution in [0.5, 0.6) is 0 Å². The molecule has 1 fully saturated rings. The number of benzene rings is 1. The van der Waals surface area contributed by atoms with E-state index in [0.717, 1.165) is 42.3 Å². The van der Waals surface area contributed by atoms with E-state index in [1.54, 1.807) is 6.20 Å². The van der Waals surface area contributed by atoms with Crippen molar-refractivity contribution >= 4 is 16.7 Å². The molecule has 1 aromatic carbocycles. The Balaban J connectivity index is 1.65. The number of rotatable bonds is 4. The van der Waals surface area contributed by atoms with Crippen molar-refractivity contribution in [3.05, 3.63) is 42.1 Å². The maximum atomic E-state index is 12.3. The summed E-state index contributed by atoms with van der Waals surface area (Å²) in [5.41, 5.74) is 1.71. The summed E-state index contributed by atoms with van der Waals surface area (Å²) < 4.78 is 5.67. The van der Waals surface area contributed by atoms with Gasteiger partial charge in [0.05, 0.1) is 11.6 Å². The van der Waals surface area contributed by atoms with Crippen LogP contribution in [0.1, 0.15) is 42.5 Å². The number of pyridine rings is 1.